The number of nitrogens with zero attached hydrogens (tertiary/aromatic N) is 2. The Bertz CT molecular complexity index is 2290. The number of amides is 2. The average molecular weight is 854 g/mol. The van der Waals surface area contributed by atoms with Gasteiger partial charge in [-0.1, -0.05) is 72.2 Å². The van der Waals surface area contributed by atoms with Crippen LogP contribution in [0.1, 0.15) is 55.2 Å². The average Bonchev–Trinajstić information content (AvgIpc) is 3.67. The van der Waals surface area contributed by atoms with Gasteiger partial charge >= 0.3 is 5.97 Å². The third-order valence-corrected chi connectivity index (χ3v) is 12.5. The fourth-order valence-corrected chi connectivity index (χ4v) is 8.93. The van der Waals surface area contributed by atoms with Gasteiger partial charge in [-0.15, -0.1) is 0 Å². The van der Waals surface area contributed by atoms with Gasteiger partial charge in [0.15, 0.2) is 12.4 Å². The van der Waals surface area contributed by atoms with Crippen molar-refractivity contribution in [2.75, 3.05) is 26.7 Å². The van der Waals surface area contributed by atoms with Crippen LogP contribution < -0.4 is 26.8 Å². The Balaban J connectivity index is 1.46. The predicted octanol–water partition coefficient (Wildman–Crippen LogP) is 6.10. The second kappa shape index (κ2) is 21.3. The maximum atomic E-state index is 14.8. The van der Waals surface area contributed by atoms with Crippen LogP contribution in [-0.4, -0.2) is 82.4 Å². The molecular formula is C45H52ClN7O6S. The number of unbranched alkanes of at least 4 members (excludes halogenated alkanes) is 1. The molecule has 2 aromatic heterocycles. The van der Waals surface area contributed by atoms with Crippen LogP contribution in [0.2, 0.25) is 5.02 Å². The number of likely N-dealkylation sites (N-methyl/N-ethyl adjacent to an activating group) is 1. The number of hydrogen-bond acceptors (Lipinski definition) is 10. The molecule has 0 saturated carbocycles. The fourth-order valence-electron chi connectivity index (χ4n) is 7.59. The molecule has 2 amide bonds. The first-order chi connectivity index (χ1) is 29.1. The lowest BCUT2D eigenvalue weighted by Crippen LogP contribution is -2.51. The maximum absolute atomic E-state index is 14.8. The number of nitrogens with one attached hydrogen (secondary N) is 3. The van der Waals surface area contributed by atoms with Gasteiger partial charge in [0, 0.05) is 67.1 Å². The number of carbonyl (C=O) groups is 4. The van der Waals surface area contributed by atoms with E-state index in [0.717, 1.165) is 33.2 Å². The molecule has 0 spiro atoms. The van der Waals surface area contributed by atoms with Crippen molar-refractivity contribution in [1.29, 1.82) is 0 Å². The zero-order valence-electron chi connectivity index (χ0n) is 33.6. The summed E-state index contributed by atoms with van der Waals surface area (Å²) < 4.78 is 5.39. The molecule has 0 bridgehead atoms. The second-order valence-corrected chi connectivity index (χ2v) is 16.3. The zero-order valence-corrected chi connectivity index (χ0v) is 35.2. The number of Topliss-reactive ketones (excluding diaryl/α,β-unsaturated/α-hetero) is 1. The van der Waals surface area contributed by atoms with Crippen molar-refractivity contribution in [3.8, 4) is 16.9 Å². The molecule has 1 aliphatic rings. The van der Waals surface area contributed by atoms with Crippen LogP contribution in [0, 0.1) is 5.92 Å². The summed E-state index contributed by atoms with van der Waals surface area (Å²) in [5.74, 6) is -2.14. The van der Waals surface area contributed by atoms with E-state index in [1.54, 1.807) is 31.4 Å². The third kappa shape index (κ3) is 11.1. The number of carbonyl (C=O) groups excluding carboxylic acids is 3. The van der Waals surface area contributed by atoms with Crippen molar-refractivity contribution in [3.05, 3.63) is 107 Å². The summed E-state index contributed by atoms with van der Waals surface area (Å²) in [5.41, 5.74) is 16.7. The minimum Gasteiger partial charge on any atom is -0.482 e. The first-order valence-electron chi connectivity index (χ1n) is 20.2. The quantitative estimate of drug-likeness (QED) is 0.0747. The summed E-state index contributed by atoms with van der Waals surface area (Å²) in [6.45, 7) is 0.740. The number of nitrogens with two attached hydrogens (primary N) is 2. The van der Waals surface area contributed by atoms with Crippen molar-refractivity contribution in [1.82, 2.24) is 25.5 Å². The molecule has 3 atom stereocenters. The highest BCUT2D eigenvalue weighted by Crippen LogP contribution is 2.41. The monoisotopic (exact) mass is 853 g/mol. The van der Waals surface area contributed by atoms with Gasteiger partial charge in [-0.2, -0.15) is 0 Å². The lowest BCUT2D eigenvalue weighted by atomic mass is 9.90. The number of benzene rings is 3. The van der Waals surface area contributed by atoms with Crippen LogP contribution in [0.15, 0.2) is 95.1 Å². The number of H-pyrrole nitrogens is 1. The Morgan fingerprint density at radius 2 is 1.75 bits per heavy atom. The van der Waals surface area contributed by atoms with Crippen molar-refractivity contribution in [2.45, 2.75) is 80.0 Å². The zero-order chi connectivity index (χ0) is 42.6. The molecule has 0 saturated heterocycles. The largest absolute Gasteiger partial charge is 0.482 e. The SMILES string of the molecule is CN1C(=O)[C@H](CCCCN)CC(=O)[C@H](CCCN)NCc2cccnc2Sc2c(Cl)ccc(-c3ccc(OCC(=O)O)cc3)c2CNC(=O)[C@@H]1Cc1c[nH]c2ccccc12. The summed E-state index contributed by atoms with van der Waals surface area (Å²) >= 11 is 8.40. The van der Waals surface area contributed by atoms with Gasteiger partial charge in [0.2, 0.25) is 11.8 Å². The maximum Gasteiger partial charge on any atom is 0.341 e. The Kier molecular flexibility index (Phi) is 15.7. The number of carboxylic acids is 1. The molecule has 13 nitrogen and oxygen atoms in total. The smallest absolute Gasteiger partial charge is 0.341 e. The van der Waals surface area contributed by atoms with Gasteiger partial charge in [-0.25, -0.2) is 9.78 Å². The molecule has 6 rings (SSSR count). The lowest BCUT2D eigenvalue weighted by molar-refractivity contribution is -0.143. The molecule has 0 aliphatic carbocycles. The summed E-state index contributed by atoms with van der Waals surface area (Å²) in [4.78, 5) is 65.0. The van der Waals surface area contributed by atoms with E-state index in [2.05, 4.69) is 15.6 Å². The van der Waals surface area contributed by atoms with Gasteiger partial charge in [0.25, 0.3) is 0 Å². The third-order valence-electron chi connectivity index (χ3n) is 10.9. The van der Waals surface area contributed by atoms with Crippen LogP contribution in [0.5, 0.6) is 5.75 Å². The van der Waals surface area contributed by atoms with Crippen LogP contribution in [0.25, 0.3) is 22.0 Å². The van der Waals surface area contributed by atoms with E-state index >= 15 is 0 Å². The predicted molar refractivity (Wildman–Crippen MR) is 234 cm³/mol. The molecule has 0 unspecified atom stereocenters. The normalized spacial score (nSPS) is 18.1. The minimum absolute atomic E-state index is 0.00337. The first-order valence-corrected chi connectivity index (χ1v) is 21.4. The van der Waals surface area contributed by atoms with Crippen molar-refractivity contribution >= 4 is 57.8 Å². The Morgan fingerprint density at radius 3 is 2.52 bits per heavy atom. The summed E-state index contributed by atoms with van der Waals surface area (Å²) in [5, 5.41) is 17.8. The number of fused-ring (bicyclic) bond motifs is 3. The van der Waals surface area contributed by atoms with E-state index in [-0.39, 0.29) is 37.0 Å². The standard InChI is InChI=1S/C45H52ClN7O6S/c1-53-39(22-31-25-50-37-11-3-2-10-34(31)37)43(57)52-26-35-33(28-13-15-32(16-14-28)59-27-41(55)56)17-18-36(46)42(35)60-44-30(9-7-21-49-44)24-51-38(12-6-20-48)40(54)23-29(45(53)58)8-4-5-19-47/h2-3,7,9-11,13-18,21,25,29,38-39,50-51H,4-6,8,12,19-20,22-24,26-27,47-48H2,1H3,(H,52,57)(H,55,56)/t29-,38+,39+/m1/s1. The molecular weight excluding hydrogens is 802 g/mol. The highest BCUT2D eigenvalue weighted by atomic mass is 35.5. The van der Waals surface area contributed by atoms with E-state index in [0.29, 0.717) is 78.0 Å². The number of halogens is 1. The second-order valence-electron chi connectivity index (χ2n) is 14.9. The molecule has 1 aliphatic heterocycles. The molecule has 5 aromatic rings. The van der Waals surface area contributed by atoms with Crippen molar-refractivity contribution in [3.63, 3.8) is 0 Å². The number of aromatic nitrogens is 2. The van der Waals surface area contributed by atoms with Gasteiger partial charge in [0.05, 0.1) is 11.1 Å². The number of ether oxygens (including phenoxy) is 1. The lowest BCUT2D eigenvalue weighted by Gasteiger charge is -2.31. The van der Waals surface area contributed by atoms with Gasteiger partial charge in [-0.05, 0) is 96.9 Å². The van der Waals surface area contributed by atoms with Crippen LogP contribution >= 0.6 is 23.4 Å². The van der Waals surface area contributed by atoms with Gasteiger partial charge < -0.3 is 41.8 Å². The van der Waals surface area contributed by atoms with Gasteiger partial charge in [-0.3, -0.25) is 14.4 Å². The number of rotatable bonds is 13. The Labute approximate surface area is 359 Å². The summed E-state index contributed by atoms with van der Waals surface area (Å²) in [6.07, 6.45) is 6.65. The summed E-state index contributed by atoms with van der Waals surface area (Å²) in [6, 6.07) is 20.8. The number of aliphatic carboxylic acids is 1. The molecule has 3 aromatic carbocycles. The van der Waals surface area contributed by atoms with Crippen molar-refractivity contribution < 1.29 is 29.0 Å². The number of hydrogen-bond donors (Lipinski definition) is 6. The molecule has 3 heterocycles. The summed E-state index contributed by atoms with van der Waals surface area (Å²) in [7, 11) is 1.64. The number of pyridine rings is 1. The first kappa shape index (κ1) is 44.3. The van der Waals surface area contributed by atoms with E-state index in [9.17, 15) is 19.2 Å². The van der Waals surface area contributed by atoms with Crippen LogP contribution in [-0.2, 0) is 38.7 Å². The fraction of sp³-hybridized carbons (Fsp3) is 0.356. The topological polar surface area (TPSA) is 206 Å². The molecule has 316 valence electrons. The molecule has 60 heavy (non-hydrogen) atoms. The number of para-hydroxylation sites is 1. The number of aromatic amines is 1. The van der Waals surface area contributed by atoms with Crippen LogP contribution in [0.3, 0.4) is 0 Å². The van der Waals surface area contributed by atoms with E-state index in [1.807, 2.05) is 60.8 Å². The van der Waals surface area contributed by atoms with Crippen LogP contribution in [0.4, 0.5) is 0 Å². The number of carboxylic acid groups (broad SMARTS) is 1. The van der Waals surface area contributed by atoms with E-state index in [4.69, 9.17) is 37.9 Å². The van der Waals surface area contributed by atoms with E-state index < -0.39 is 30.6 Å². The highest BCUT2D eigenvalue weighted by Gasteiger charge is 2.34. The highest BCUT2D eigenvalue weighted by molar-refractivity contribution is 7.99. The van der Waals surface area contributed by atoms with Gasteiger partial charge in [0.1, 0.15) is 16.8 Å². The number of ketones is 1. The molecule has 15 heteroatoms. The van der Waals surface area contributed by atoms with E-state index in [1.165, 1.54) is 16.7 Å². The minimum atomic E-state index is -1.09. The molecule has 8 N–H and O–H groups in total. The Morgan fingerprint density at radius 1 is 0.967 bits per heavy atom. The Hall–Kier alpha value is -5.25. The molecule has 0 fully saturated rings. The van der Waals surface area contributed by atoms with Crippen molar-refractivity contribution in [2.24, 2.45) is 17.4 Å². The molecule has 0 radical (unpaired) electrons.